The van der Waals surface area contributed by atoms with Crippen LogP contribution in [0.25, 0.3) is 0 Å². The minimum atomic E-state index is -0.0979. The number of carbonyl (C=O) groups is 1. The number of ether oxygens (including phenoxy) is 1. The van der Waals surface area contributed by atoms with Crippen LogP contribution >= 0.6 is 0 Å². The van der Waals surface area contributed by atoms with Crippen molar-refractivity contribution in [3.8, 4) is 0 Å². The van der Waals surface area contributed by atoms with Crippen molar-refractivity contribution in [2.75, 3.05) is 39.9 Å². The van der Waals surface area contributed by atoms with Gasteiger partial charge in [0.05, 0.1) is 19.3 Å². The molecule has 17 heavy (non-hydrogen) atoms. The van der Waals surface area contributed by atoms with Crippen molar-refractivity contribution in [2.24, 2.45) is 0 Å². The van der Waals surface area contributed by atoms with E-state index in [0.717, 1.165) is 6.54 Å². The number of hydrogen-bond donors (Lipinski definition) is 2. The van der Waals surface area contributed by atoms with E-state index in [1.807, 2.05) is 13.8 Å². The molecule has 0 aliphatic rings. The van der Waals surface area contributed by atoms with Gasteiger partial charge < -0.3 is 20.1 Å². The fourth-order valence-corrected chi connectivity index (χ4v) is 1.10. The number of hydrogen-bond acceptors (Lipinski definition) is 4. The van der Waals surface area contributed by atoms with Crippen LogP contribution in [0.4, 0.5) is 0 Å². The van der Waals surface area contributed by atoms with Crippen molar-refractivity contribution in [1.82, 2.24) is 10.2 Å². The summed E-state index contributed by atoms with van der Waals surface area (Å²) in [5, 5.41) is 11.8. The third-order valence-corrected chi connectivity index (χ3v) is 2.06. The van der Waals surface area contributed by atoms with E-state index in [-0.39, 0.29) is 18.6 Å². The molecular formula is C12H24N2O3. The first-order valence-electron chi connectivity index (χ1n) is 5.92. The topological polar surface area (TPSA) is 61.8 Å². The second kappa shape index (κ2) is 10.3. The molecular weight excluding hydrogens is 220 g/mol. The van der Waals surface area contributed by atoms with Crippen molar-refractivity contribution in [3.63, 3.8) is 0 Å². The highest BCUT2D eigenvalue weighted by molar-refractivity contribution is 5.87. The van der Waals surface area contributed by atoms with Crippen LogP contribution in [0.15, 0.2) is 12.2 Å². The van der Waals surface area contributed by atoms with Gasteiger partial charge in [-0.25, -0.2) is 0 Å². The summed E-state index contributed by atoms with van der Waals surface area (Å²) >= 11 is 0. The molecule has 0 saturated heterocycles. The molecule has 0 aromatic rings. The Morgan fingerprint density at radius 3 is 2.82 bits per heavy atom. The van der Waals surface area contributed by atoms with Gasteiger partial charge in [-0.3, -0.25) is 4.79 Å². The van der Waals surface area contributed by atoms with Gasteiger partial charge in [0.15, 0.2) is 0 Å². The van der Waals surface area contributed by atoms with Crippen molar-refractivity contribution >= 4 is 5.91 Å². The van der Waals surface area contributed by atoms with E-state index >= 15 is 0 Å². The molecule has 5 heteroatoms. The zero-order valence-electron chi connectivity index (χ0n) is 11.0. The van der Waals surface area contributed by atoms with Gasteiger partial charge in [-0.2, -0.15) is 0 Å². The van der Waals surface area contributed by atoms with E-state index < -0.39 is 0 Å². The van der Waals surface area contributed by atoms with E-state index in [1.165, 1.54) is 11.0 Å². The minimum Gasteiger partial charge on any atom is -0.395 e. The lowest BCUT2D eigenvalue weighted by Crippen LogP contribution is -2.28. The summed E-state index contributed by atoms with van der Waals surface area (Å²) in [6.45, 7) is 6.41. The second-order valence-corrected chi connectivity index (χ2v) is 4.01. The first-order valence-corrected chi connectivity index (χ1v) is 5.92. The van der Waals surface area contributed by atoms with E-state index in [0.29, 0.717) is 19.7 Å². The number of likely N-dealkylation sites (N-methyl/N-ethyl adjacent to an activating group) is 1. The third-order valence-electron chi connectivity index (χ3n) is 2.06. The van der Waals surface area contributed by atoms with E-state index in [9.17, 15) is 4.79 Å². The van der Waals surface area contributed by atoms with E-state index in [1.54, 1.807) is 13.1 Å². The Balaban J connectivity index is 3.50. The minimum absolute atomic E-state index is 0.0130. The van der Waals surface area contributed by atoms with Crippen LogP contribution in [0, 0.1) is 0 Å². The molecule has 0 radical (unpaired) electrons. The Hall–Kier alpha value is -0.910. The smallest absolute Gasteiger partial charge is 0.246 e. The standard InChI is InChI=1S/C12H24N2O3/c1-11(2)17-10-7-13-6-4-5-12(16)14(3)8-9-15/h4-5,11,13,15H,6-10H2,1-3H3/b5-4+. The summed E-state index contributed by atoms with van der Waals surface area (Å²) in [6, 6.07) is 0. The van der Waals surface area contributed by atoms with Gasteiger partial charge in [-0.1, -0.05) is 6.08 Å². The Bertz CT molecular complexity index is 230. The monoisotopic (exact) mass is 244 g/mol. The highest BCUT2D eigenvalue weighted by Crippen LogP contribution is 1.86. The van der Waals surface area contributed by atoms with Crippen LogP contribution in [0.5, 0.6) is 0 Å². The first kappa shape index (κ1) is 16.1. The molecule has 0 saturated carbocycles. The number of aliphatic hydroxyl groups excluding tert-OH is 1. The molecule has 0 aromatic carbocycles. The summed E-state index contributed by atoms with van der Waals surface area (Å²) in [7, 11) is 1.66. The highest BCUT2D eigenvalue weighted by Gasteiger charge is 2.01. The second-order valence-electron chi connectivity index (χ2n) is 4.01. The van der Waals surface area contributed by atoms with Crippen LogP contribution in [0.3, 0.4) is 0 Å². The maximum absolute atomic E-state index is 11.4. The average molecular weight is 244 g/mol. The van der Waals surface area contributed by atoms with Crippen LogP contribution in [0.2, 0.25) is 0 Å². The Labute approximate surface area is 103 Å². The maximum Gasteiger partial charge on any atom is 0.246 e. The molecule has 0 bridgehead atoms. The Morgan fingerprint density at radius 1 is 1.53 bits per heavy atom. The predicted molar refractivity (Wildman–Crippen MR) is 67.8 cm³/mol. The van der Waals surface area contributed by atoms with Crippen LogP contribution in [-0.2, 0) is 9.53 Å². The summed E-state index contributed by atoms with van der Waals surface area (Å²) < 4.78 is 5.35. The Kier molecular flexibility index (Phi) is 9.71. The molecule has 0 atom stereocenters. The third kappa shape index (κ3) is 9.99. The number of amides is 1. The predicted octanol–water partition coefficient (Wildman–Crippen LogP) is 0.00790. The molecule has 0 spiro atoms. The van der Waals surface area contributed by atoms with Crippen LogP contribution in [0.1, 0.15) is 13.8 Å². The number of nitrogens with one attached hydrogen (secondary N) is 1. The van der Waals surface area contributed by atoms with Gasteiger partial charge in [0, 0.05) is 32.8 Å². The molecule has 0 fully saturated rings. The lowest BCUT2D eigenvalue weighted by molar-refractivity contribution is -0.125. The zero-order valence-corrected chi connectivity index (χ0v) is 11.0. The lowest BCUT2D eigenvalue weighted by Gasteiger charge is -2.12. The van der Waals surface area contributed by atoms with Gasteiger partial charge in [0.2, 0.25) is 5.91 Å². The fourth-order valence-electron chi connectivity index (χ4n) is 1.10. The number of nitrogens with zero attached hydrogens (tertiary/aromatic N) is 1. The van der Waals surface area contributed by atoms with Crippen molar-refractivity contribution < 1.29 is 14.6 Å². The maximum atomic E-state index is 11.4. The van der Waals surface area contributed by atoms with Gasteiger partial charge in [-0.05, 0) is 13.8 Å². The molecule has 1 amide bonds. The number of carbonyl (C=O) groups excluding carboxylic acids is 1. The number of aliphatic hydroxyl groups is 1. The first-order chi connectivity index (χ1) is 8.07. The molecule has 5 nitrogen and oxygen atoms in total. The molecule has 0 heterocycles. The summed E-state index contributed by atoms with van der Waals surface area (Å²) in [5.74, 6) is -0.0979. The van der Waals surface area contributed by atoms with Crippen molar-refractivity contribution in [1.29, 1.82) is 0 Å². The quantitative estimate of drug-likeness (QED) is 0.443. The molecule has 0 rings (SSSR count). The molecule has 0 unspecified atom stereocenters. The van der Waals surface area contributed by atoms with Crippen LogP contribution < -0.4 is 5.32 Å². The van der Waals surface area contributed by atoms with Crippen LogP contribution in [-0.4, -0.2) is 61.9 Å². The van der Waals surface area contributed by atoms with Crippen molar-refractivity contribution in [3.05, 3.63) is 12.2 Å². The lowest BCUT2D eigenvalue weighted by atomic mass is 10.4. The Morgan fingerprint density at radius 2 is 2.24 bits per heavy atom. The van der Waals surface area contributed by atoms with Gasteiger partial charge in [0.1, 0.15) is 0 Å². The molecule has 0 aliphatic carbocycles. The van der Waals surface area contributed by atoms with E-state index in [2.05, 4.69) is 5.32 Å². The zero-order chi connectivity index (χ0) is 13.1. The SMILES string of the molecule is CC(C)OCCNC/C=C/C(=O)N(C)CCO. The molecule has 0 aromatic heterocycles. The molecule has 100 valence electrons. The van der Waals surface area contributed by atoms with Gasteiger partial charge >= 0.3 is 0 Å². The summed E-state index contributed by atoms with van der Waals surface area (Å²) in [4.78, 5) is 12.9. The van der Waals surface area contributed by atoms with Gasteiger partial charge in [-0.15, -0.1) is 0 Å². The fraction of sp³-hybridized carbons (Fsp3) is 0.750. The summed E-state index contributed by atoms with van der Waals surface area (Å²) in [6.07, 6.45) is 3.53. The van der Waals surface area contributed by atoms with Gasteiger partial charge in [0.25, 0.3) is 0 Å². The highest BCUT2D eigenvalue weighted by atomic mass is 16.5. The molecule has 2 N–H and O–H groups in total. The molecule has 0 aliphatic heterocycles. The number of rotatable bonds is 9. The largest absolute Gasteiger partial charge is 0.395 e. The summed E-state index contributed by atoms with van der Waals surface area (Å²) in [5.41, 5.74) is 0. The van der Waals surface area contributed by atoms with E-state index in [4.69, 9.17) is 9.84 Å². The normalized spacial score (nSPS) is 11.4. The van der Waals surface area contributed by atoms with Crippen molar-refractivity contribution in [2.45, 2.75) is 20.0 Å². The average Bonchev–Trinajstić information content (AvgIpc) is 2.27.